The molecule has 1 unspecified atom stereocenters. The average molecular weight is 374 g/mol. The fourth-order valence-electron chi connectivity index (χ4n) is 4.36. The minimum atomic E-state index is -0.780. The van der Waals surface area contributed by atoms with E-state index < -0.39 is 11.9 Å². The first-order valence-electron chi connectivity index (χ1n) is 8.96. The van der Waals surface area contributed by atoms with Gasteiger partial charge in [0.25, 0.3) is 0 Å². The number of rotatable bonds is 1. The lowest BCUT2D eigenvalue weighted by atomic mass is 9.86. The number of piperidine rings is 3. The van der Waals surface area contributed by atoms with Crippen molar-refractivity contribution in [2.75, 3.05) is 19.6 Å². The summed E-state index contributed by atoms with van der Waals surface area (Å²) in [5.41, 5.74) is 3.89. The van der Waals surface area contributed by atoms with Gasteiger partial charge in [-0.15, -0.1) is 12.4 Å². The number of aliphatic carboxylic acids is 1. The van der Waals surface area contributed by atoms with Gasteiger partial charge in [0.05, 0.1) is 6.10 Å². The summed E-state index contributed by atoms with van der Waals surface area (Å²) < 4.78 is 0. The number of fused-ring (bicyclic) bond motifs is 6. The standard InChI is InChI=1S/C14H10O2.C7H13NO.ClH/c15-14(16)13-11-7-3-1-5-9(11)10-6-2-4-8-12(10)13;9-7-5-8-3-1-6(7)2-4-8;/h1-8,13H,(H,15,16);6-7,9H,1-5H2;1H. The van der Waals surface area contributed by atoms with Crippen LogP contribution in [0.25, 0.3) is 11.1 Å². The minimum Gasteiger partial charge on any atom is -0.481 e. The van der Waals surface area contributed by atoms with Gasteiger partial charge in [-0.25, -0.2) is 0 Å². The molecule has 1 aliphatic carbocycles. The molecule has 5 heteroatoms. The summed E-state index contributed by atoms with van der Waals surface area (Å²) in [6, 6.07) is 15.4. The van der Waals surface area contributed by atoms with Crippen molar-refractivity contribution in [1.29, 1.82) is 0 Å². The van der Waals surface area contributed by atoms with Crippen molar-refractivity contribution in [3.05, 3.63) is 59.7 Å². The van der Waals surface area contributed by atoms with E-state index in [9.17, 15) is 15.0 Å². The normalized spacial score (nSPS) is 25.3. The molecule has 0 saturated carbocycles. The second-order valence-corrected chi connectivity index (χ2v) is 7.15. The second kappa shape index (κ2) is 7.78. The summed E-state index contributed by atoms with van der Waals surface area (Å²) in [5, 5.41) is 18.7. The summed E-state index contributed by atoms with van der Waals surface area (Å²) in [6.07, 6.45) is 2.44. The van der Waals surface area contributed by atoms with Gasteiger partial charge in [-0.05, 0) is 54.1 Å². The van der Waals surface area contributed by atoms with Crippen molar-refractivity contribution in [3.8, 4) is 11.1 Å². The Kier molecular flexibility index (Phi) is 5.66. The highest BCUT2D eigenvalue weighted by atomic mass is 35.5. The highest BCUT2D eigenvalue weighted by Crippen LogP contribution is 2.44. The molecule has 6 rings (SSSR count). The third kappa shape index (κ3) is 3.37. The molecule has 26 heavy (non-hydrogen) atoms. The number of aliphatic hydroxyl groups excluding tert-OH is 1. The van der Waals surface area contributed by atoms with Crippen LogP contribution in [0.2, 0.25) is 0 Å². The Morgan fingerprint density at radius 2 is 1.42 bits per heavy atom. The predicted molar refractivity (Wildman–Crippen MR) is 104 cm³/mol. The van der Waals surface area contributed by atoms with Gasteiger partial charge in [0.15, 0.2) is 0 Å². The van der Waals surface area contributed by atoms with Crippen LogP contribution in [0.3, 0.4) is 0 Å². The molecule has 2 N–H and O–H groups in total. The van der Waals surface area contributed by atoms with Gasteiger partial charge in [-0.3, -0.25) is 4.79 Å². The summed E-state index contributed by atoms with van der Waals surface area (Å²) in [4.78, 5) is 13.7. The molecule has 2 bridgehead atoms. The molecule has 1 atom stereocenters. The Morgan fingerprint density at radius 3 is 1.77 bits per heavy atom. The zero-order valence-corrected chi connectivity index (χ0v) is 15.4. The highest BCUT2D eigenvalue weighted by molar-refractivity contribution is 5.92. The summed E-state index contributed by atoms with van der Waals surface area (Å²) in [6.45, 7) is 3.38. The van der Waals surface area contributed by atoms with Crippen LogP contribution < -0.4 is 0 Å². The Hall–Kier alpha value is -1.88. The topological polar surface area (TPSA) is 60.8 Å². The van der Waals surface area contributed by atoms with Gasteiger partial charge in [0.1, 0.15) is 5.92 Å². The van der Waals surface area contributed by atoms with Crippen LogP contribution in [0.4, 0.5) is 0 Å². The van der Waals surface area contributed by atoms with Gasteiger partial charge in [0, 0.05) is 6.54 Å². The third-order valence-electron chi connectivity index (χ3n) is 5.70. The maximum atomic E-state index is 11.3. The van der Waals surface area contributed by atoms with E-state index in [0.29, 0.717) is 5.92 Å². The number of benzene rings is 2. The van der Waals surface area contributed by atoms with E-state index in [1.807, 2.05) is 48.5 Å². The molecule has 3 heterocycles. The van der Waals surface area contributed by atoms with Crippen molar-refractivity contribution in [1.82, 2.24) is 4.90 Å². The molecule has 4 nitrogen and oxygen atoms in total. The molecule has 0 radical (unpaired) electrons. The third-order valence-corrected chi connectivity index (χ3v) is 5.70. The fraction of sp³-hybridized carbons (Fsp3) is 0.381. The number of carboxylic acid groups (broad SMARTS) is 1. The summed E-state index contributed by atoms with van der Waals surface area (Å²) in [5.74, 6) is -0.653. The molecule has 138 valence electrons. The van der Waals surface area contributed by atoms with E-state index in [-0.39, 0.29) is 18.5 Å². The van der Waals surface area contributed by atoms with E-state index >= 15 is 0 Å². The SMILES string of the molecule is Cl.O=C(O)C1c2ccccc2-c2ccccc21.OC1CN2CCC1CC2. The lowest BCUT2D eigenvalue weighted by molar-refractivity contribution is -0.137. The molecular formula is C21H24ClNO3. The zero-order chi connectivity index (χ0) is 17.4. The van der Waals surface area contributed by atoms with Gasteiger partial charge in [0.2, 0.25) is 0 Å². The van der Waals surface area contributed by atoms with Crippen molar-refractivity contribution < 1.29 is 15.0 Å². The maximum Gasteiger partial charge on any atom is 0.315 e. The van der Waals surface area contributed by atoms with Crippen LogP contribution in [-0.4, -0.2) is 46.8 Å². The van der Waals surface area contributed by atoms with Crippen LogP contribution >= 0.6 is 12.4 Å². The molecular weight excluding hydrogens is 350 g/mol. The molecule has 0 spiro atoms. The first-order valence-corrected chi connectivity index (χ1v) is 8.96. The number of halogens is 1. The lowest BCUT2D eigenvalue weighted by Crippen LogP contribution is -2.50. The van der Waals surface area contributed by atoms with Crippen LogP contribution in [0, 0.1) is 5.92 Å². The van der Waals surface area contributed by atoms with Gasteiger partial charge < -0.3 is 15.1 Å². The maximum absolute atomic E-state index is 11.3. The van der Waals surface area contributed by atoms with Crippen LogP contribution in [0.15, 0.2) is 48.5 Å². The number of carbonyl (C=O) groups is 1. The van der Waals surface area contributed by atoms with Gasteiger partial charge in [-0.1, -0.05) is 48.5 Å². The summed E-state index contributed by atoms with van der Waals surface area (Å²) in [7, 11) is 0. The quantitative estimate of drug-likeness (QED) is 0.804. The second-order valence-electron chi connectivity index (χ2n) is 7.15. The number of aliphatic hydroxyl groups is 1. The largest absolute Gasteiger partial charge is 0.481 e. The molecule has 0 amide bonds. The molecule has 2 aromatic rings. The minimum absolute atomic E-state index is 0. The van der Waals surface area contributed by atoms with E-state index in [0.717, 1.165) is 28.8 Å². The Morgan fingerprint density at radius 1 is 0.923 bits per heavy atom. The Bertz CT molecular complexity index is 741. The van der Waals surface area contributed by atoms with E-state index in [1.54, 1.807) is 0 Å². The first kappa shape index (κ1) is 18.9. The van der Waals surface area contributed by atoms with Crippen molar-refractivity contribution in [2.45, 2.75) is 24.9 Å². The molecule has 2 aromatic carbocycles. The van der Waals surface area contributed by atoms with Crippen LogP contribution in [-0.2, 0) is 4.79 Å². The van der Waals surface area contributed by atoms with Crippen molar-refractivity contribution >= 4 is 18.4 Å². The fourth-order valence-corrected chi connectivity index (χ4v) is 4.36. The van der Waals surface area contributed by atoms with Crippen molar-refractivity contribution in [3.63, 3.8) is 0 Å². The molecule has 3 saturated heterocycles. The number of hydrogen-bond donors (Lipinski definition) is 2. The smallest absolute Gasteiger partial charge is 0.315 e. The van der Waals surface area contributed by atoms with E-state index in [4.69, 9.17) is 0 Å². The van der Waals surface area contributed by atoms with Gasteiger partial charge in [-0.2, -0.15) is 0 Å². The number of nitrogens with zero attached hydrogens (tertiary/aromatic N) is 1. The van der Waals surface area contributed by atoms with Crippen LogP contribution in [0.5, 0.6) is 0 Å². The first-order chi connectivity index (χ1) is 12.1. The van der Waals surface area contributed by atoms with Gasteiger partial charge >= 0.3 is 5.97 Å². The molecule has 4 aliphatic rings. The Balaban J connectivity index is 0.000000167. The molecule has 3 fully saturated rings. The Labute approximate surface area is 159 Å². The lowest BCUT2D eigenvalue weighted by Gasteiger charge is -2.42. The molecule has 3 aliphatic heterocycles. The predicted octanol–water partition coefficient (Wildman–Crippen LogP) is 3.38. The van der Waals surface area contributed by atoms with E-state index in [1.165, 1.54) is 25.9 Å². The average Bonchev–Trinajstić information content (AvgIpc) is 2.98. The zero-order valence-electron chi connectivity index (χ0n) is 14.5. The number of carboxylic acids is 1. The number of hydrogen-bond acceptors (Lipinski definition) is 3. The van der Waals surface area contributed by atoms with Crippen LogP contribution in [0.1, 0.15) is 29.9 Å². The highest BCUT2D eigenvalue weighted by Gasteiger charge is 2.33. The van der Waals surface area contributed by atoms with E-state index in [2.05, 4.69) is 4.90 Å². The monoisotopic (exact) mass is 373 g/mol. The summed E-state index contributed by atoms with van der Waals surface area (Å²) >= 11 is 0. The molecule has 0 aromatic heterocycles. The van der Waals surface area contributed by atoms with Crippen molar-refractivity contribution in [2.24, 2.45) is 5.92 Å².